The number of rotatable bonds is 6. The molecule has 0 radical (unpaired) electrons. The van der Waals surface area contributed by atoms with E-state index < -0.39 is 0 Å². The van der Waals surface area contributed by atoms with Crippen LogP contribution < -0.4 is 19.6 Å². The number of benzene rings is 2. The van der Waals surface area contributed by atoms with Gasteiger partial charge in [0.2, 0.25) is 6.79 Å². The normalized spacial score (nSPS) is 12.6. The molecule has 3 rings (SSSR count). The van der Waals surface area contributed by atoms with E-state index >= 15 is 0 Å². The van der Waals surface area contributed by atoms with Crippen LogP contribution in [0.1, 0.15) is 36.5 Å². The number of nitrogens with zero attached hydrogens (tertiary/aromatic N) is 1. The van der Waals surface area contributed by atoms with Crippen molar-refractivity contribution in [2.24, 2.45) is 5.10 Å². The summed E-state index contributed by atoms with van der Waals surface area (Å²) < 4.78 is 16.1. The number of hydrogen-bond acceptors (Lipinski definition) is 5. The number of ether oxygens (including phenoxy) is 3. The van der Waals surface area contributed by atoms with Crippen LogP contribution >= 0.6 is 0 Å². The largest absolute Gasteiger partial charge is 0.483 e. The van der Waals surface area contributed by atoms with Crippen molar-refractivity contribution in [3.8, 4) is 17.2 Å². The summed E-state index contributed by atoms with van der Waals surface area (Å²) in [6, 6.07) is 11.4. The van der Waals surface area contributed by atoms with E-state index in [0.717, 1.165) is 11.1 Å². The molecule has 6 nitrogen and oxygen atoms in total. The lowest BCUT2D eigenvalue weighted by Crippen LogP contribution is -2.24. The van der Waals surface area contributed by atoms with Gasteiger partial charge in [-0.05, 0) is 53.8 Å². The molecule has 0 unspecified atom stereocenters. The molecule has 136 valence electrons. The van der Waals surface area contributed by atoms with Crippen molar-refractivity contribution in [3.63, 3.8) is 0 Å². The second-order valence-corrected chi connectivity index (χ2v) is 6.37. The van der Waals surface area contributed by atoms with E-state index in [0.29, 0.717) is 23.2 Å². The van der Waals surface area contributed by atoms with Crippen molar-refractivity contribution in [1.82, 2.24) is 5.43 Å². The molecule has 26 heavy (non-hydrogen) atoms. The monoisotopic (exact) mass is 354 g/mol. The van der Waals surface area contributed by atoms with E-state index in [-0.39, 0.29) is 19.3 Å². The predicted octanol–water partition coefficient (Wildman–Crippen LogP) is 3.38. The Kier molecular flexibility index (Phi) is 5.41. The topological polar surface area (TPSA) is 69.2 Å². The predicted molar refractivity (Wildman–Crippen MR) is 99.1 cm³/mol. The number of aryl methyl sites for hydroxylation is 1. The first kappa shape index (κ1) is 17.8. The number of hydrazone groups is 1. The second kappa shape index (κ2) is 7.91. The molecule has 0 spiro atoms. The van der Waals surface area contributed by atoms with Gasteiger partial charge in [-0.15, -0.1) is 0 Å². The van der Waals surface area contributed by atoms with E-state index in [4.69, 9.17) is 14.2 Å². The maximum Gasteiger partial charge on any atom is 0.277 e. The molecule has 1 heterocycles. The lowest BCUT2D eigenvalue weighted by molar-refractivity contribution is -0.123. The zero-order chi connectivity index (χ0) is 18.5. The van der Waals surface area contributed by atoms with Gasteiger partial charge >= 0.3 is 0 Å². The van der Waals surface area contributed by atoms with Crippen molar-refractivity contribution in [2.75, 3.05) is 13.4 Å². The summed E-state index contributed by atoms with van der Waals surface area (Å²) in [5, 5.41) is 3.94. The van der Waals surface area contributed by atoms with Crippen LogP contribution in [0.25, 0.3) is 0 Å². The minimum Gasteiger partial charge on any atom is -0.483 e. The van der Waals surface area contributed by atoms with Crippen LogP contribution in [0.15, 0.2) is 41.5 Å². The summed E-state index contributed by atoms with van der Waals surface area (Å²) in [5.41, 5.74) is 5.50. The zero-order valence-electron chi connectivity index (χ0n) is 15.1. The molecule has 0 bridgehead atoms. The average molecular weight is 354 g/mol. The smallest absolute Gasteiger partial charge is 0.277 e. The van der Waals surface area contributed by atoms with Crippen molar-refractivity contribution >= 4 is 12.1 Å². The summed E-state index contributed by atoms with van der Waals surface area (Å²) in [4.78, 5) is 11.9. The summed E-state index contributed by atoms with van der Waals surface area (Å²) in [5.74, 6) is 2.21. The molecule has 0 saturated heterocycles. The Morgan fingerprint density at radius 2 is 2.04 bits per heavy atom. The van der Waals surface area contributed by atoms with Gasteiger partial charge in [0.1, 0.15) is 5.75 Å². The van der Waals surface area contributed by atoms with E-state index in [2.05, 4.69) is 30.4 Å². The maximum absolute atomic E-state index is 11.9. The Labute approximate surface area is 152 Å². The highest BCUT2D eigenvalue weighted by molar-refractivity contribution is 5.83. The van der Waals surface area contributed by atoms with Gasteiger partial charge in [-0.3, -0.25) is 4.79 Å². The molecule has 2 aromatic carbocycles. The second-order valence-electron chi connectivity index (χ2n) is 6.37. The third kappa shape index (κ3) is 4.33. The van der Waals surface area contributed by atoms with Gasteiger partial charge in [-0.1, -0.05) is 26.0 Å². The van der Waals surface area contributed by atoms with Gasteiger partial charge in [0, 0.05) is 0 Å². The molecule has 1 N–H and O–H groups in total. The first-order valence-electron chi connectivity index (χ1n) is 8.48. The van der Waals surface area contributed by atoms with Crippen molar-refractivity contribution < 1.29 is 19.0 Å². The minimum atomic E-state index is -0.325. The maximum atomic E-state index is 11.9. The standard InChI is InChI=1S/C20H22N2O4/c1-13(2)16-5-7-17(14(3)8-16)24-11-20(23)22-21-10-15-4-6-18-19(9-15)26-12-25-18/h4-10,13H,11-12H2,1-3H3,(H,22,23). The third-order valence-electron chi connectivity index (χ3n) is 4.02. The first-order chi connectivity index (χ1) is 12.5. The van der Waals surface area contributed by atoms with E-state index in [1.807, 2.05) is 25.1 Å². The molecule has 1 aliphatic rings. The van der Waals surface area contributed by atoms with Crippen molar-refractivity contribution in [1.29, 1.82) is 0 Å². The van der Waals surface area contributed by atoms with Crippen LogP contribution in [0.5, 0.6) is 17.2 Å². The molecule has 1 aliphatic heterocycles. The molecule has 6 heteroatoms. The Bertz CT molecular complexity index is 831. The molecule has 0 atom stereocenters. The number of carbonyl (C=O) groups is 1. The van der Waals surface area contributed by atoms with Crippen LogP contribution in [-0.2, 0) is 4.79 Å². The summed E-state index contributed by atoms with van der Waals surface area (Å²) >= 11 is 0. The van der Waals surface area contributed by atoms with Gasteiger partial charge in [-0.25, -0.2) is 5.43 Å². The lowest BCUT2D eigenvalue weighted by atomic mass is 10.0. The molecule has 0 fully saturated rings. The van der Waals surface area contributed by atoms with Crippen LogP contribution in [0.3, 0.4) is 0 Å². The third-order valence-corrected chi connectivity index (χ3v) is 4.02. The van der Waals surface area contributed by atoms with Crippen LogP contribution in [0, 0.1) is 6.92 Å². The van der Waals surface area contributed by atoms with E-state index in [1.54, 1.807) is 18.3 Å². The number of nitrogens with one attached hydrogen (secondary N) is 1. The lowest BCUT2D eigenvalue weighted by Gasteiger charge is -2.11. The fraction of sp³-hybridized carbons (Fsp3) is 0.300. The van der Waals surface area contributed by atoms with Gasteiger partial charge in [-0.2, -0.15) is 5.10 Å². The van der Waals surface area contributed by atoms with E-state index in [1.165, 1.54) is 5.56 Å². The molecule has 0 aromatic heterocycles. The van der Waals surface area contributed by atoms with Crippen LogP contribution in [-0.4, -0.2) is 25.5 Å². The zero-order valence-corrected chi connectivity index (χ0v) is 15.1. The number of amides is 1. The van der Waals surface area contributed by atoms with Gasteiger partial charge in [0.05, 0.1) is 6.21 Å². The summed E-state index contributed by atoms with van der Waals surface area (Å²) in [6.45, 7) is 6.38. The van der Waals surface area contributed by atoms with Gasteiger partial charge in [0.15, 0.2) is 18.1 Å². The highest BCUT2D eigenvalue weighted by Gasteiger charge is 2.12. The van der Waals surface area contributed by atoms with E-state index in [9.17, 15) is 4.79 Å². The number of fused-ring (bicyclic) bond motifs is 1. The highest BCUT2D eigenvalue weighted by atomic mass is 16.7. The molecular weight excluding hydrogens is 332 g/mol. The van der Waals surface area contributed by atoms with Gasteiger partial charge in [0.25, 0.3) is 5.91 Å². The molecule has 0 saturated carbocycles. The van der Waals surface area contributed by atoms with Crippen LogP contribution in [0.2, 0.25) is 0 Å². The van der Waals surface area contributed by atoms with Crippen molar-refractivity contribution in [2.45, 2.75) is 26.7 Å². The summed E-state index contributed by atoms with van der Waals surface area (Å²) in [6.07, 6.45) is 1.54. The molecule has 1 amide bonds. The number of hydrogen-bond donors (Lipinski definition) is 1. The summed E-state index contributed by atoms with van der Waals surface area (Å²) in [7, 11) is 0. The Hall–Kier alpha value is -3.02. The highest BCUT2D eigenvalue weighted by Crippen LogP contribution is 2.31. The van der Waals surface area contributed by atoms with Crippen LogP contribution in [0.4, 0.5) is 0 Å². The van der Waals surface area contributed by atoms with Crippen molar-refractivity contribution in [3.05, 3.63) is 53.1 Å². The molecular formula is C20H22N2O4. The molecule has 0 aliphatic carbocycles. The average Bonchev–Trinajstić information content (AvgIpc) is 3.08. The Balaban J connectivity index is 1.50. The minimum absolute atomic E-state index is 0.0969. The Morgan fingerprint density at radius 1 is 1.23 bits per heavy atom. The Morgan fingerprint density at radius 3 is 2.81 bits per heavy atom. The molecule has 2 aromatic rings. The number of carbonyl (C=O) groups excluding carboxylic acids is 1. The quantitative estimate of drug-likeness (QED) is 0.638. The fourth-order valence-electron chi connectivity index (χ4n) is 2.54. The first-order valence-corrected chi connectivity index (χ1v) is 8.48. The fourth-order valence-corrected chi connectivity index (χ4v) is 2.54. The SMILES string of the molecule is Cc1cc(C(C)C)ccc1OCC(=O)NN=Cc1ccc2c(c1)OCO2. The van der Waals surface area contributed by atoms with Gasteiger partial charge < -0.3 is 14.2 Å².